The van der Waals surface area contributed by atoms with Gasteiger partial charge in [0.15, 0.2) is 0 Å². The van der Waals surface area contributed by atoms with Crippen LogP contribution >= 0.6 is 11.6 Å². The predicted octanol–water partition coefficient (Wildman–Crippen LogP) is 5.73. The van der Waals surface area contributed by atoms with Crippen LogP contribution in [0.3, 0.4) is 0 Å². The van der Waals surface area contributed by atoms with Crippen molar-refractivity contribution in [3.05, 3.63) is 95.5 Å². The summed E-state index contributed by atoms with van der Waals surface area (Å²) >= 11 is 6.04. The van der Waals surface area contributed by atoms with Gasteiger partial charge in [-0.15, -0.1) is 0 Å². The lowest BCUT2D eigenvalue weighted by Gasteiger charge is -2.08. The van der Waals surface area contributed by atoms with Crippen LogP contribution in [0.2, 0.25) is 5.02 Å². The second-order valence-corrected chi connectivity index (χ2v) is 6.29. The zero-order valence-corrected chi connectivity index (χ0v) is 14.6. The van der Waals surface area contributed by atoms with Gasteiger partial charge in [-0.1, -0.05) is 54.1 Å². The molecule has 0 saturated heterocycles. The van der Waals surface area contributed by atoms with Crippen molar-refractivity contribution >= 4 is 11.6 Å². The van der Waals surface area contributed by atoms with E-state index in [9.17, 15) is 0 Å². The van der Waals surface area contributed by atoms with Gasteiger partial charge in [-0.05, 0) is 42.5 Å². The third-order valence-corrected chi connectivity index (χ3v) is 4.41. The number of benzene rings is 3. The lowest BCUT2D eigenvalue weighted by atomic mass is 10.1. The summed E-state index contributed by atoms with van der Waals surface area (Å²) in [4.78, 5) is 0. The second kappa shape index (κ2) is 6.87. The van der Waals surface area contributed by atoms with E-state index in [-0.39, 0.29) is 0 Å². The summed E-state index contributed by atoms with van der Waals surface area (Å²) < 4.78 is 1.90. The van der Waals surface area contributed by atoms with Gasteiger partial charge < -0.3 is 0 Å². The highest BCUT2D eigenvalue weighted by Gasteiger charge is 2.13. The van der Waals surface area contributed by atoms with Crippen molar-refractivity contribution in [2.75, 3.05) is 0 Å². The molecule has 0 N–H and O–H groups in total. The lowest BCUT2D eigenvalue weighted by Crippen LogP contribution is -1.99. The van der Waals surface area contributed by atoms with Crippen LogP contribution in [-0.4, -0.2) is 9.78 Å². The minimum absolute atomic E-state index is 0.622. The molecular formula is C22H14ClN3. The quantitative estimate of drug-likeness (QED) is 0.470. The number of aromatic nitrogens is 2. The zero-order chi connectivity index (χ0) is 17.9. The van der Waals surface area contributed by atoms with Gasteiger partial charge in [-0.25, -0.2) is 4.68 Å². The third-order valence-electron chi connectivity index (χ3n) is 4.16. The molecule has 0 aliphatic carbocycles. The first-order chi connectivity index (χ1) is 12.7. The van der Waals surface area contributed by atoms with E-state index in [2.05, 4.69) is 12.1 Å². The highest BCUT2D eigenvalue weighted by atomic mass is 35.5. The summed E-state index contributed by atoms with van der Waals surface area (Å²) in [6.45, 7) is 0. The smallest absolute Gasteiger partial charge is 0.0991 e. The maximum atomic E-state index is 9.03. The Morgan fingerprint density at radius 3 is 2.15 bits per heavy atom. The highest BCUT2D eigenvalue weighted by Crippen LogP contribution is 2.29. The van der Waals surface area contributed by atoms with Gasteiger partial charge in [-0.2, -0.15) is 10.4 Å². The first kappa shape index (κ1) is 16.1. The third kappa shape index (κ3) is 3.11. The second-order valence-electron chi connectivity index (χ2n) is 5.86. The molecule has 0 bridgehead atoms. The molecule has 0 radical (unpaired) electrons. The van der Waals surface area contributed by atoms with E-state index in [1.54, 1.807) is 12.1 Å². The highest BCUT2D eigenvalue weighted by molar-refractivity contribution is 6.30. The Balaban J connectivity index is 1.88. The van der Waals surface area contributed by atoms with Crippen molar-refractivity contribution in [2.24, 2.45) is 0 Å². The minimum atomic E-state index is 0.622. The zero-order valence-electron chi connectivity index (χ0n) is 13.8. The normalized spacial score (nSPS) is 10.5. The summed E-state index contributed by atoms with van der Waals surface area (Å²) in [5.41, 5.74) is 5.45. The largest absolute Gasteiger partial charge is 0.232 e. The van der Waals surface area contributed by atoms with Crippen LogP contribution in [-0.2, 0) is 0 Å². The molecule has 4 heteroatoms. The van der Waals surface area contributed by atoms with E-state index in [1.165, 1.54) is 0 Å². The predicted molar refractivity (Wildman–Crippen MR) is 104 cm³/mol. The number of nitrogens with zero attached hydrogens (tertiary/aromatic N) is 3. The van der Waals surface area contributed by atoms with Gasteiger partial charge in [0, 0.05) is 16.1 Å². The van der Waals surface area contributed by atoms with E-state index in [0.29, 0.717) is 10.6 Å². The molecule has 0 fully saturated rings. The van der Waals surface area contributed by atoms with Crippen LogP contribution in [0.25, 0.3) is 28.2 Å². The van der Waals surface area contributed by atoms with E-state index in [1.807, 2.05) is 71.4 Å². The first-order valence-corrected chi connectivity index (χ1v) is 8.54. The van der Waals surface area contributed by atoms with Crippen molar-refractivity contribution in [2.45, 2.75) is 0 Å². The van der Waals surface area contributed by atoms with Crippen molar-refractivity contribution in [1.82, 2.24) is 9.78 Å². The van der Waals surface area contributed by atoms with Crippen LogP contribution in [0, 0.1) is 11.3 Å². The summed E-state index contributed by atoms with van der Waals surface area (Å²) in [5, 5.41) is 14.5. The fourth-order valence-corrected chi connectivity index (χ4v) is 2.96. The van der Waals surface area contributed by atoms with Gasteiger partial charge in [0.05, 0.1) is 28.7 Å². The van der Waals surface area contributed by atoms with Crippen LogP contribution in [0.4, 0.5) is 0 Å². The molecule has 124 valence electrons. The first-order valence-electron chi connectivity index (χ1n) is 8.16. The van der Waals surface area contributed by atoms with Gasteiger partial charge in [-0.3, -0.25) is 0 Å². The molecule has 3 nitrogen and oxygen atoms in total. The average molecular weight is 356 g/mol. The van der Waals surface area contributed by atoms with E-state index in [4.69, 9.17) is 22.0 Å². The number of rotatable bonds is 3. The van der Waals surface area contributed by atoms with Crippen LogP contribution in [0.15, 0.2) is 84.9 Å². The van der Waals surface area contributed by atoms with E-state index >= 15 is 0 Å². The number of hydrogen-bond donors (Lipinski definition) is 0. The van der Waals surface area contributed by atoms with Gasteiger partial charge >= 0.3 is 0 Å². The lowest BCUT2D eigenvalue weighted by molar-refractivity contribution is 0.891. The molecule has 3 aromatic carbocycles. The van der Waals surface area contributed by atoms with Crippen LogP contribution < -0.4 is 0 Å². The maximum Gasteiger partial charge on any atom is 0.0991 e. The molecule has 1 aromatic heterocycles. The Morgan fingerprint density at radius 1 is 0.808 bits per heavy atom. The molecule has 0 aliphatic heterocycles. The van der Waals surface area contributed by atoms with Crippen molar-refractivity contribution in [3.8, 4) is 34.3 Å². The summed E-state index contributed by atoms with van der Waals surface area (Å²) in [6, 6.07) is 29.4. The molecule has 4 aromatic rings. The maximum absolute atomic E-state index is 9.03. The van der Waals surface area contributed by atoms with E-state index in [0.717, 1.165) is 28.2 Å². The molecule has 4 rings (SSSR count). The monoisotopic (exact) mass is 355 g/mol. The van der Waals surface area contributed by atoms with Crippen molar-refractivity contribution < 1.29 is 0 Å². The number of nitriles is 1. The molecule has 0 spiro atoms. The molecule has 1 heterocycles. The fraction of sp³-hybridized carbons (Fsp3) is 0. The molecule has 0 unspecified atom stereocenters. The number of halogens is 1. The Labute approximate surface area is 156 Å². The topological polar surface area (TPSA) is 41.6 Å². The van der Waals surface area contributed by atoms with Crippen LogP contribution in [0.1, 0.15) is 5.56 Å². The molecule has 26 heavy (non-hydrogen) atoms. The van der Waals surface area contributed by atoms with Crippen molar-refractivity contribution in [3.63, 3.8) is 0 Å². The Morgan fingerprint density at radius 2 is 1.50 bits per heavy atom. The Kier molecular flexibility index (Phi) is 4.27. The average Bonchev–Trinajstić information content (AvgIpc) is 3.15. The summed E-state index contributed by atoms with van der Waals surface area (Å²) in [6.07, 6.45) is 0. The Hall–Kier alpha value is -3.35. The molecule has 0 atom stereocenters. The molecule has 0 saturated carbocycles. The standard InChI is InChI=1S/C22H14ClN3/c23-19-10-8-18(9-11-19)22-14-21(17-4-2-1-3-5-17)25-26(22)20-12-6-16(15-24)7-13-20/h1-14H. The van der Waals surface area contributed by atoms with Gasteiger partial charge in [0.2, 0.25) is 0 Å². The van der Waals surface area contributed by atoms with Crippen molar-refractivity contribution in [1.29, 1.82) is 5.26 Å². The molecule has 0 amide bonds. The van der Waals surface area contributed by atoms with E-state index < -0.39 is 0 Å². The van der Waals surface area contributed by atoms with Gasteiger partial charge in [0.1, 0.15) is 0 Å². The minimum Gasteiger partial charge on any atom is -0.232 e. The molecular weight excluding hydrogens is 342 g/mol. The van der Waals surface area contributed by atoms with Crippen LogP contribution in [0.5, 0.6) is 0 Å². The summed E-state index contributed by atoms with van der Waals surface area (Å²) in [7, 11) is 0. The molecule has 0 aliphatic rings. The Bertz CT molecular complexity index is 1070. The number of hydrogen-bond acceptors (Lipinski definition) is 2. The SMILES string of the molecule is N#Cc1ccc(-n2nc(-c3ccccc3)cc2-c2ccc(Cl)cc2)cc1. The fourth-order valence-electron chi connectivity index (χ4n) is 2.83. The van der Waals surface area contributed by atoms with Gasteiger partial charge in [0.25, 0.3) is 0 Å². The summed E-state index contributed by atoms with van der Waals surface area (Å²) in [5.74, 6) is 0.